The Hall–Kier alpha value is -1.55. The van der Waals surface area contributed by atoms with Gasteiger partial charge in [0, 0.05) is 12.1 Å². The summed E-state index contributed by atoms with van der Waals surface area (Å²) in [6.45, 7) is 8.47. The quantitative estimate of drug-likeness (QED) is 0.779. The van der Waals surface area contributed by atoms with Gasteiger partial charge in [0.2, 0.25) is 0 Å². The van der Waals surface area contributed by atoms with Crippen molar-refractivity contribution in [2.45, 2.75) is 39.8 Å². The lowest BCUT2D eigenvalue weighted by atomic mass is 10.0. The van der Waals surface area contributed by atoms with Crippen molar-refractivity contribution in [3.8, 4) is 5.75 Å². The second kappa shape index (κ2) is 7.90. The van der Waals surface area contributed by atoms with E-state index in [-0.39, 0.29) is 24.0 Å². The molecule has 0 aromatic heterocycles. The summed E-state index contributed by atoms with van der Waals surface area (Å²) < 4.78 is 10.5. The van der Waals surface area contributed by atoms with Crippen LogP contribution in [0.4, 0.5) is 0 Å². The third kappa shape index (κ3) is 5.21. The van der Waals surface area contributed by atoms with Gasteiger partial charge in [-0.2, -0.15) is 0 Å². The lowest BCUT2D eigenvalue weighted by Crippen LogP contribution is -2.44. The summed E-state index contributed by atoms with van der Waals surface area (Å²) in [5.74, 6) is 0.483. The number of hydrogen-bond acceptors (Lipinski definition) is 4. The van der Waals surface area contributed by atoms with Gasteiger partial charge in [-0.25, -0.2) is 0 Å². The second-order valence-corrected chi connectivity index (χ2v) is 5.29. The number of methoxy groups -OCH3 is 1. The van der Waals surface area contributed by atoms with E-state index in [1.807, 2.05) is 52.0 Å². The molecule has 112 valence electrons. The van der Waals surface area contributed by atoms with Crippen molar-refractivity contribution < 1.29 is 14.3 Å². The predicted octanol–water partition coefficient (Wildman–Crippen LogP) is 2.55. The van der Waals surface area contributed by atoms with E-state index >= 15 is 0 Å². The summed E-state index contributed by atoms with van der Waals surface area (Å²) in [5, 5.41) is 3.35. The van der Waals surface area contributed by atoms with Gasteiger partial charge in [0.15, 0.2) is 0 Å². The topological polar surface area (TPSA) is 47.6 Å². The molecule has 1 aromatic rings. The molecule has 0 heterocycles. The Balaban J connectivity index is 2.37. The predicted molar refractivity (Wildman–Crippen MR) is 79.9 cm³/mol. The smallest absolute Gasteiger partial charge is 0.309 e. The lowest BCUT2D eigenvalue weighted by molar-refractivity contribution is -0.145. The highest BCUT2D eigenvalue weighted by Gasteiger charge is 2.22. The molecule has 1 rings (SSSR count). The molecule has 0 spiro atoms. The van der Waals surface area contributed by atoms with Gasteiger partial charge >= 0.3 is 5.97 Å². The highest BCUT2D eigenvalue weighted by atomic mass is 16.5. The molecule has 0 fully saturated rings. The van der Waals surface area contributed by atoms with Gasteiger partial charge in [-0.15, -0.1) is 0 Å². The first-order valence-electron chi connectivity index (χ1n) is 6.97. The Kier molecular flexibility index (Phi) is 6.52. The molecular weight excluding hydrogens is 254 g/mol. The zero-order valence-electron chi connectivity index (χ0n) is 13.0. The van der Waals surface area contributed by atoms with Crippen LogP contribution in [0.3, 0.4) is 0 Å². The van der Waals surface area contributed by atoms with Gasteiger partial charge in [0.25, 0.3) is 0 Å². The fourth-order valence-corrected chi connectivity index (χ4v) is 1.89. The van der Waals surface area contributed by atoms with Crippen LogP contribution in [-0.4, -0.2) is 31.8 Å². The summed E-state index contributed by atoms with van der Waals surface area (Å²) in [6, 6.07) is 8.16. The molecule has 20 heavy (non-hydrogen) atoms. The van der Waals surface area contributed by atoms with E-state index in [1.165, 1.54) is 12.7 Å². The molecular formula is C16H25NO3. The van der Waals surface area contributed by atoms with Crippen molar-refractivity contribution in [3.63, 3.8) is 0 Å². The molecule has 0 aliphatic rings. The molecule has 0 aliphatic carbocycles. The monoisotopic (exact) mass is 279 g/mol. The highest BCUT2D eigenvalue weighted by molar-refractivity contribution is 5.72. The van der Waals surface area contributed by atoms with Gasteiger partial charge in [0.1, 0.15) is 12.4 Å². The fraction of sp³-hybridized carbons (Fsp3) is 0.562. The Morgan fingerprint density at radius 2 is 1.80 bits per heavy atom. The van der Waals surface area contributed by atoms with Gasteiger partial charge in [-0.1, -0.05) is 24.6 Å². The normalized spacial score (nSPS) is 15.2. The number of ether oxygens (including phenoxy) is 2. The van der Waals surface area contributed by atoms with Crippen LogP contribution in [0.15, 0.2) is 24.3 Å². The molecule has 3 unspecified atom stereocenters. The van der Waals surface area contributed by atoms with Crippen LogP contribution in [0.2, 0.25) is 0 Å². The molecule has 1 aromatic carbocycles. The van der Waals surface area contributed by atoms with Crippen molar-refractivity contribution in [1.82, 2.24) is 5.32 Å². The van der Waals surface area contributed by atoms with Gasteiger partial charge in [-0.3, -0.25) is 4.79 Å². The Labute approximate surface area is 121 Å². The first kappa shape index (κ1) is 16.5. The van der Waals surface area contributed by atoms with E-state index in [2.05, 4.69) is 5.32 Å². The third-order valence-electron chi connectivity index (χ3n) is 3.39. The summed E-state index contributed by atoms with van der Waals surface area (Å²) in [4.78, 5) is 11.5. The summed E-state index contributed by atoms with van der Waals surface area (Å²) >= 11 is 0. The summed E-state index contributed by atoms with van der Waals surface area (Å²) in [6.07, 6.45) is 0. The maximum Gasteiger partial charge on any atom is 0.309 e. The van der Waals surface area contributed by atoms with Crippen LogP contribution in [0, 0.1) is 12.8 Å². The number of esters is 1. The molecule has 0 aliphatic heterocycles. The number of benzene rings is 1. The number of nitrogens with one attached hydrogen (secondary N) is 1. The lowest BCUT2D eigenvalue weighted by Gasteiger charge is -2.23. The van der Waals surface area contributed by atoms with E-state index in [0.717, 1.165) is 5.75 Å². The van der Waals surface area contributed by atoms with Crippen LogP contribution in [0.25, 0.3) is 0 Å². The molecule has 0 bridgehead atoms. The SMILES string of the molecule is COC(=O)C(C)C(C)NC(C)COc1ccc(C)cc1. The average Bonchev–Trinajstić information content (AvgIpc) is 2.44. The molecule has 3 atom stereocenters. The average molecular weight is 279 g/mol. The van der Waals surface area contributed by atoms with E-state index < -0.39 is 0 Å². The van der Waals surface area contributed by atoms with E-state index in [4.69, 9.17) is 9.47 Å². The van der Waals surface area contributed by atoms with Crippen LogP contribution < -0.4 is 10.1 Å². The maximum absolute atomic E-state index is 11.5. The highest BCUT2D eigenvalue weighted by Crippen LogP contribution is 2.12. The molecule has 4 heteroatoms. The minimum atomic E-state index is -0.198. The van der Waals surface area contributed by atoms with Crippen LogP contribution in [-0.2, 0) is 9.53 Å². The number of rotatable bonds is 7. The molecule has 4 nitrogen and oxygen atoms in total. The van der Waals surface area contributed by atoms with E-state index in [1.54, 1.807) is 0 Å². The van der Waals surface area contributed by atoms with Crippen molar-refractivity contribution >= 4 is 5.97 Å². The van der Waals surface area contributed by atoms with E-state index in [9.17, 15) is 4.79 Å². The van der Waals surface area contributed by atoms with E-state index in [0.29, 0.717) is 6.61 Å². The molecule has 0 amide bonds. The standard InChI is InChI=1S/C16H25NO3/c1-11-6-8-15(9-7-11)20-10-12(2)17-14(4)13(3)16(18)19-5/h6-9,12-14,17H,10H2,1-5H3. The first-order valence-corrected chi connectivity index (χ1v) is 6.97. The van der Waals surface area contributed by atoms with Crippen LogP contribution in [0.5, 0.6) is 5.75 Å². The maximum atomic E-state index is 11.5. The summed E-state index contributed by atoms with van der Waals surface area (Å²) in [5.41, 5.74) is 1.21. The fourth-order valence-electron chi connectivity index (χ4n) is 1.89. The minimum Gasteiger partial charge on any atom is -0.492 e. The van der Waals surface area contributed by atoms with Gasteiger partial charge in [-0.05, 0) is 32.9 Å². The van der Waals surface area contributed by atoms with Gasteiger partial charge in [0.05, 0.1) is 13.0 Å². The summed E-state index contributed by atoms with van der Waals surface area (Å²) in [7, 11) is 1.41. The van der Waals surface area contributed by atoms with Crippen molar-refractivity contribution in [2.24, 2.45) is 5.92 Å². The molecule has 0 radical (unpaired) electrons. The number of aryl methyl sites for hydroxylation is 1. The largest absolute Gasteiger partial charge is 0.492 e. The van der Waals surface area contributed by atoms with Crippen molar-refractivity contribution in [3.05, 3.63) is 29.8 Å². The molecule has 1 N–H and O–H groups in total. The molecule has 0 saturated heterocycles. The number of hydrogen-bond donors (Lipinski definition) is 1. The zero-order chi connectivity index (χ0) is 15.1. The Bertz CT molecular complexity index is 416. The van der Waals surface area contributed by atoms with Gasteiger partial charge < -0.3 is 14.8 Å². The van der Waals surface area contributed by atoms with Crippen molar-refractivity contribution in [1.29, 1.82) is 0 Å². The Morgan fingerprint density at radius 1 is 1.20 bits per heavy atom. The first-order chi connectivity index (χ1) is 9.43. The van der Waals surface area contributed by atoms with Crippen molar-refractivity contribution in [2.75, 3.05) is 13.7 Å². The number of carbonyl (C=O) groups excluding carboxylic acids is 1. The third-order valence-corrected chi connectivity index (χ3v) is 3.39. The Morgan fingerprint density at radius 3 is 2.35 bits per heavy atom. The van der Waals surface area contributed by atoms with Crippen LogP contribution >= 0.6 is 0 Å². The zero-order valence-corrected chi connectivity index (χ0v) is 13.0. The number of carbonyl (C=O) groups is 1. The van der Waals surface area contributed by atoms with Crippen LogP contribution in [0.1, 0.15) is 26.3 Å². The molecule has 0 saturated carbocycles. The second-order valence-electron chi connectivity index (χ2n) is 5.29. The minimum absolute atomic E-state index is 0.0408.